The summed E-state index contributed by atoms with van der Waals surface area (Å²) in [5, 5.41) is 14.1. The molecular weight excluding hydrogens is 378 g/mol. The molecule has 0 unspecified atom stereocenters. The van der Waals surface area contributed by atoms with Crippen molar-refractivity contribution in [3.63, 3.8) is 0 Å². The molecule has 154 valence electrons. The van der Waals surface area contributed by atoms with Crippen molar-refractivity contribution in [1.29, 1.82) is 0 Å². The summed E-state index contributed by atoms with van der Waals surface area (Å²) >= 11 is 0. The van der Waals surface area contributed by atoms with Crippen LogP contribution in [0.2, 0.25) is 0 Å². The number of benzene rings is 3. The number of carbonyl (C=O) groups is 1. The minimum absolute atomic E-state index is 0.0538. The number of allylic oxidation sites excluding steroid dienone is 1. The Balaban J connectivity index is 1.56. The average Bonchev–Trinajstić information content (AvgIpc) is 3.30. The van der Waals surface area contributed by atoms with E-state index in [9.17, 15) is 4.79 Å². The summed E-state index contributed by atoms with van der Waals surface area (Å²) < 4.78 is 11.3. The lowest BCUT2D eigenvalue weighted by molar-refractivity contribution is -0.0442. The minimum atomic E-state index is -0.381. The van der Waals surface area contributed by atoms with Crippen molar-refractivity contribution in [2.24, 2.45) is 0 Å². The SMILES string of the molecule is Cc1cccc(C2OCCO2)c1/C=C/C(=O)c1ccc2cc(NCCO)ccc2c1. The van der Waals surface area contributed by atoms with E-state index in [0.29, 0.717) is 25.3 Å². The fraction of sp³-hybridized carbons (Fsp3) is 0.240. The highest BCUT2D eigenvalue weighted by Gasteiger charge is 2.21. The summed E-state index contributed by atoms with van der Waals surface area (Å²) in [5.74, 6) is -0.0538. The summed E-state index contributed by atoms with van der Waals surface area (Å²) in [5.41, 5.74) is 4.55. The quantitative estimate of drug-likeness (QED) is 0.449. The number of ketones is 1. The van der Waals surface area contributed by atoms with E-state index in [0.717, 1.165) is 33.2 Å². The molecule has 1 aliphatic heterocycles. The highest BCUT2D eigenvalue weighted by molar-refractivity contribution is 6.09. The van der Waals surface area contributed by atoms with E-state index in [2.05, 4.69) is 5.32 Å². The molecule has 0 saturated carbocycles. The molecule has 0 aromatic heterocycles. The van der Waals surface area contributed by atoms with Gasteiger partial charge in [0.1, 0.15) is 0 Å². The second-order valence-corrected chi connectivity index (χ2v) is 7.28. The first-order valence-corrected chi connectivity index (χ1v) is 10.1. The molecule has 3 aromatic carbocycles. The predicted molar refractivity (Wildman–Crippen MR) is 119 cm³/mol. The van der Waals surface area contributed by atoms with Crippen LogP contribution in [-0.2, 0) is 9.47 Å². The molecule has 0 bridgehead atoms. The van der Waals surface area contributed by atoms with Gasteiger partial charge in [-0.15, -0.1) is 0 Å². The fourth-order valence-electron chi connectivity index (χ4n) is 3.64. The van der Waals surface area contributed by atoms with Gasteiger partial charge in [-0.1, -0.05) is 42.5 Å². The number of ether oxygens (including phenoxy) is 2. The van der Waals surface area contributed by atoms with Crippen LogP contribution in [0.5, 0.6) is 0 Å². The standard InChI is InChI=1S/C25H25NO4/c1-17-3-2-4-23(25-29-13-14-30-25)22(17)9-10-24(28)20-6-5-19-16-21(26-11-12-27)8-7-18(19)15-20/h2-10,15-16,25-27H,11-14H2,1H3/b10-9+. The topological polar surface area (TPSA) is 67.8 Å². The summed E-state index contributed by atoms with van der Waals surface area (Å²) in [4.78, 5) is 12.8. The number of aliphatic hydroxyl groups is 1. The van der Waals surface area contributed by atoms with Crippen molar-refractivity contribution in [2.45, 2.75) is 13.2 Å². The number of carbonyl (C=O) groups excluding carboxylic acids is 1. The molecule has 5 heteroatoms. The van der Waals surface area contributed by atoms with E-state index in [-0.39, 0.29) is 18.7 Å². The molecule has 4 rings (SSSR count). The molecular formula is C25H25NO4. The molecule has 30 heavy (non-hydrogen) atoms. The monoisotopic (exact) mass is 403 g/mol. The third kappa shape index (κ3) is 4.44. The first-order valence-electron chi connectivity index (χ1n) is 10.1. The third-order valence-corrected chi connectivity index (χ3v) is 5.20. The van der Waals surface area contributed by atoms with Gasteiger partial charge in [-0.05, 0) is 53.1 Å². The lowest BCUT2D eigenvalue weighted by Crippen LogP contribution is -2.05. The summed E-state index contributed by atoms with van der Waals surface area (Å²) in [6, 6.07) is 17.6. The molecule has 1 fully saturated rings. The molecule has 0 amide bonds. The van der Waals surface area contributed by atoms with Gasteiger partial charge >= 0.3 is 0 Å². The number of hydrogen-bond donors (Lipinski definition) is 2. The Morgan fingerprint density at radius 3 is 2.67 bits per heavy atom. The molecule has 1 saturated heterocycles. The maximum Gasteiger partial charge on any atom is 0.185 e. The van der Waals surface area contributed by atoms with Gasteiger partial charge in [-0.25, -0.2) is 0 Å². The van der Waals surface area contributed by atoms with E-state index in [1.54, 1.807) is 6.08 Å². The van der Waals surface area contributed by atoms with Gasteiger partial charge in [0.15, 0.2) is 12.1 Å². The summed E-state index contributed by atoms with van der Waals surface area (Å²) in [6.45, 7) is 3.76. The number of nitrogens with one attached hydrogen (secondary N) is 1. The molecule has 0 aliphatic carbocycles. The maximum atomic E-state index is 12.8. The Kier molecular flexibility index (Phi) is 6.23. The van der Waals surface area contributed by atoms with Gasteiger partial charge in [0.2, 0.25) is 0 Å². The lowest BCUT2D eigenvalue weighted by atomic mass is 9.99. The smallest absolute Gasteiger partial charge is 0.185 e. The zero-order valence-corrected chi connectivity index (χ0v) is 16.9. The molecule has 5 nitrogen and oxygen atoms in total. The van der Waals surface area contributed by atoms with Gasteiger partial charge in [-0.2, -0.15) is 0 Å². The fourth-order valence-corrected chi connectivity index (χ4v) is 3.64. The van der Waals surface area contributed by atoms with E-state index in [1.807, 2.05) is 67.6 Å². The van der Waals surface area contributed by atoms with Gasteiger partial charge in [-0.3, -0.25) is 4.79 Å². The van der Waals surface area contributed by atoms with Crippen LogP contribution in [0.4, 0.5) is 5.69 Å². The van der Waals surface area contributed by atoms with Crippen molar-refractivity contribution in [3.8, 4) is 0 Å². The molecule has 2 N–H and O–H groups in total. The number of rotatable bonds is 7. The van der Waals surface area contributed by atoms with Gasteiger partial charge in [0.05, 0.1) is 19.8 Å². The number of anilines is 1. The highest BCUT2D eigenvalue weighted by Crippen LogP contribution is 2.29. The van der Waals surface area contributed by atoms with Crippen molar-refractivity contribution in [2.75, 3.05) is 31.7 Å². The predicted octanol–water partition coefficient (Wildman–Crippen LogP) is 4.49. The Labute approximate surface area is 175 Å². The second-order valence-electron chi connectivity index (χ2n) is 7.28. The van der Waals surface area contributed by atoms with E-state index < -0.39 is 0 Å². The first kappa shape index (κ1) is 20.3. The van der Waals surface area contributed by atoms with Gasteiger partial charge < -0.3 is 19.9 Å². The van der Waals surface area contributed by atoms with E-state index in [1.165, 1.54) is 0 Å². The summed E-state index contributed by atoms with van der Waals surface area (Å²) in [7, 11) is 0. The van der Waals surface area contributed by atoms with E-state index in [4.69, 9.17) is 14.6 Å². The molecule has 3 aromatic rings. The molecule has 0 radical (unpaired) electrons. The number of aliphatic hydroxyl groups excluding tert-OH is 1. The average molecular weight is 403 g/mol. The largest absolute Gasteiger partial charge is 0.395 e. The minimum Gasteiger partial charge on any atom is -0.395 e. The highest BCUT2D eigenvalue weighted by atomic mass is 16.7. The van der Waals surface area contributed by atoms with Crippen LogP contribution in [-0.4, -0.2) is 37.3 Å². The van der Waals surface area contributed by atoms with Crippen molar-refractivity contribution in [3.05, 3.63) is 82.9 Å². The number of aryl methyl sites for hydroxylation is 1. The van der Waals surface area contributed by atoms with Crippen LogP contribution < -0.4 is 5.32 Å². The van der Waals surface area contributed by atoms with Crippen LogP contribution in [0, 0.1) is 6.92 Å². The van der Waals surface area contributed by atoms with E-state index >= 15 is 0 Å². The first-order chi connectivity index (χ1) is 14.7. The zero-order chi connectivity index (χ0) is 20.9. The Bertz CT molecular complexity index is 1080. The van der Waals surface area contributed by atoms with Crippen LogP contribution in [0.1, 0.15) is 33.3 Å². The lowest BCUT2D eigenvalue weighted by Gasteiger charge is -2.14. The Morgan fingerprint density at radius 1 is 1.10 bits per heavy atom. The van der Waals surface area contributed by atoms with Gasteiger partial charge in [0, 0.05) is 23.4 Å². The summed E-state index contributed by atoms with van der Waals surface area (Å²) in [6.07, 6.45) is 3.08. The van der Waals surface area contributed by atoms with Crippen LogP contribution >= 0.6 is 0 Å². The van der Waals surface area contributed by atoms with Crippen molar-refractivity contribution < 1.29 is 19.4 Å². The normalized spacial score (nSPS) is 14.6. The van der Waals surface area contributed by atoms with Crippen molar-refractivity contribution >= 4 is 28.3 Å². The van der Waals surface area contributed by atoms with Crippen molar-refractivity contribution in [1.82, 2.24) is 0 Å². The third-order valence-electron chi connectivity index (χ3n) is 5.20. The van der Waals surface area contributed by atoms with Crippen LogP contribution in [0.15, 0.2) is 60.7 Å². The number of hydrogen-bond acceptors (Lipinski definition) is 5. The molecule has 0 spiro atoms. The molecule has 0 atom stereocenters. The number of fused-ring (bicyclic) bond motifs is 1. The zero-order valence-electron chi connectivity index (χ0n) is 16.9. The van der Waals surface area contributed by atoms with Gasteiger partial charge in [0.25, 0.3) is 0 Å². The van der Waals surface area contributed by atoms with Crippen LogP contribution in [0.25, 0.3) is 16.8 Å². The van der Waals surface area contributed by atoms with Crippen LogP contribution in [0.3, 0.4) is 0 Å². The Morgan fingerprint density at radius 2 is 1.87 bits per heavy atom. The molecule has 1 heterocycles. The molecule has 1 aliphatic rings. The maximum absolute atomic E-state index is 12.8. The second kappa shape index (κ2) is 9.22. The Hall–Kier alpha value is -2.99.